The van der Waals surface area contributed by atoms with Crippen LogP contribution in [0.4, 0.5) is 5.69 Å². The van der Waals surface area contributed by atoms with Crippen molar-refractivity contribution < 1.29 is 5.11 Å². The standard InChI is InChI=1S/C18H29NO/c1-14(2)12-13-19(16-8-4-5-9-16)18-11-7-6-10-17(18)15(3)20/h6-7,10-11,14-16,20H,4-5,8-9,12-13H2,1-3H3/t15-/m1/s1. The smallest absolute Gasteiger partial charge is 0.0781 e. The molecule has 0 bridgehead atoms. The van der Waals surface area contributed by atoms with Crippen molar-refractivity contribution in [2.45, 2.75) is 65.0 Å². The van der Waals surface area contributed by atoms with E-state index in [2.05, 4.69) is 36.9 Å². The Morgan fingerprint density at radius 3 is 2.40 bits per heavy atom. The average Bonchev–Trinajstić information content (AvgIpc) is 2.93. The molecule has 1 aromatic carbocycles. The highest BCUT2D eigenvalue weighted by molar-refractivity contribution is 5.55. The van der Waals surface area contributed by atoms with Crippen molar-refractivity contribution in [3.63, 3.8) is 0 Å². The molecule has 0 aliphatic heterocycles. The van der Waals surface area contributed by atoms with Crippen molar-refractivity contribution in [1.29, 1.82) is 0 Å². The molecule has 2 heteroatoms. The number of hydrogen-bond donors (Lipinski definition) is 1. The molecular formula is C18H29NO. The third-order valence-electron chi connectivity index (χ3n) is 4.41. The Morgan fingerprint density at radius 1 is 1.15 bits per heavy atom. The number of para-hydroxylation sites is 1. The maximum atomic E-state index is 10.0. The third kappa shape index (κ3) is 3.76. The molecule has 0 heterocycles. The summed E-state index contributed by atoms with van der Waals surface area (Å²) in [6.45, 7) is 7.54. The summed E-state index contributed by atoms with van der Waals surface area (Å²) < 4.78 is 0. The van der Waals surface area contributed by atoms with Gasteiger partial charge < -0.3 is 10.0 Å². The molecule has 112 valence electrons. The molecule has 1 atom stereocenters. The van der Waals surface area contributed by atoms with Crippen molar-refractivity contribution in [3.05, 3.63) is 29.8 Å². The number of benzene rings is 1. The highest BCUT2D eigenvalue weighted by Gasteiger charge is 2.25. The predicted molar refractivity (Wildman–Crippen MR) is 86.1 cm³/mol. The summed E-state index contributed by atoms with van der Waals surface area (Å²) in [6, 6.07) is 9.03. The maximum Gasteiger partial charge on any atom is 0.0781 e. The zero-order valence-corrected chi connectivity index (χ0v) is 13.2. The Kier molecular flexibility index (Phi) is 5.47. The summed E-state index contributed by atoms with van der Waals surface area (Å²) in [7, 11) is 0. The molecule has 1 saturated carbocycles. The van der Waals surface area contributed by atoms with Crippen molar-refractivity contribution in [2.75, 3.05) is 11.4 Å². The Balaban J connectivity index is 2.25. The van der Waals surface area contributed by atoms with E-state index in [9.17, 15) is 5.11 Å². The van der Waals surface area contributed by atoms with E-state index in [-0.39, 0.29) is 0 Å². The van der Waals surface area contributed by atoms with Crippen molar-refractivity contribution in [2.24, 2.45) is 5.92 Å². The van der Waals surface area contributed by atoms with E-state index in [4.69, 9.17) is 0 Å². The monoisotopic (exact) mass is 275 g/mol. The van der Waals surface area contributed by atoms with Gasteiger partial charge in [-0.15, -0.1) is 0 Å². The van der Waals surface area contributed by atoms with Crippen LogP contribution in [-0.4, -0.2) is 17.7 Å². The second-order valence-corrected chi connectivity index (χ2v) is 6.55. The second-order valence-electron chi connectivity index (χ2n) is 6.55. The molecule has 1 fully saturated rings. The first-order chi connectivity index (χ1) is 9.59. The van der Waals surface area contributed by atoms with Crippen molar-refractivity contribution in [3.8, 4) is 0 Å². The molecular weight excluding hydrogens is 246 g/mol. The van der Waals surface area contributed by atoms with Crippen LogP contribution < -0.4 is 4.90 Å². The Morgan fingerprint density at radius 2 is 1.80 bits per heavy atom. The number of rotatable bonds is 6. The fourth-order valence-electron chi connectivity index (χ4n) is 3.22. The van der Waals surface area contributed by atoms with Gasteiger partial charge in [-0.25, -0.2) is 0 Å². The first kappa shape index (κ1) is 15.4. The predicted octanol–water partition coefficient (Wildman–Crippen LogP) is 4.54. The van der Waals surface area contributed by atoms with Crippen LogP contribution in [0.15, 0.2) is 24.3 Å². The largest absolute Gasteiger partial charge is 0.389 e. The van der Waals surface area contributed by atoms with E-state index >= 15 is 0 Å². The lowest BCUT2D eigenvalue weighted by Gasteiger charge is -2.34. The lowest BCUT2D eigenvalue weighted by Crippen LogP contribution is -2.35. The fraction of sp³-hybridized carbons (Fsp3) is 0.667. The summed E-state index contributed by atoms with van der Waals surface area (Å²) >= 11 is 0. The molecule has 0 amide bonds. The summed E-state index contributed by atoms with van der Waals surface area (Å²) in [5.41, 5.74) is 2.32. The number of aliphatic hydroxyl groups is 1. The Bertz CT molecular complexity index is 408. The first-order valence-electron chi connectivity index (χ1n) is 8.13. The highest BCUT2D eigenvalue weighted by atomic mass is 16.3. The van der Waals surface area contributed by atoms with Crippen LogP contribution in [0, 0.1) is 5.92 Å². The molecule has 0 spiro atoms. The molecule has 1 aromatic rings. The van der Waals surface area contributed by atoms with Gasteiger partial charge in [-0.2, -0.15) is 0 Å². The van der Waals surface area contributed by atoms with E-state index in [0.29, 0.717) is 6.04 Å². The molecule has 0 unspecified atom stereocenters. The van der Waals surface area contributed by atoms with Crippen LogP contribution in [-0.2, 0) is 0 Å². The number of nitrogens with zero attached hydrogens (tertiary/aromatic N) is 1. The summed E-state index contributed by atoms with van der Waals surface area (Å²) in [6.07, 6.45) is 6.11. The molecule has 0 saturated heterocycles. The normalized spacial score (nSPS) is 17.6. The minimum Gasteiger partial charge on any atom is -0.389 e. The highest BCUT2D eigenvalue weighted by Crippen LogP contribution is 2.33. The number of aliphatic hydroxyl groups excluding tert-OH is 1. The van der Waals surface area contributed by atoms with E-state index < -0.39 is 6.10 Å². The molecule has 2 rings (SSSR count). The minimum atomic E-state index is -0.394. The molecule has 1 N–H and O–H groups in total. The molecule has 2 nitrogen and oxygen atoms in total. The van der Waals surface area contributed by atoms with Gasteiger partial charge in [0, 0.05) is 23.8 Å². The van der Waals surface area contributed by atoms with Gasteiger partial charge >= 0.3 is 0 Å². The van der Waals surface area contributed by atoms with Gasteiger partial charge in [0.05, 0.1) is 6.10 Å². The van der Waals surface area contributed by atoms with E-state index in [1.165, 1.54) is 37.8 Å². The van der Waals surface area contributed by atoms with Crippen LogP contribution in [0.2, 0.25) is 0 Å². The summed E-state index contributed by atoms with van der Waals surface area (Å²) in [5.74, 6) is 0.720. The number of anilines is 1. The first-order valence-corrected chi connectivity index (χ1v) is 8.13. The molecule has 0 aromatic heterocycles. The zero-order chi connectivity index (χ0) is 14.5. The van der Waals surface area contributed by atoms with Crippen LogP contribution >= 0.6 is 0 Å². The molecule has 1 aliphatic carbocycles. The van der Waals surface area contributed by atoms with Crippen molar-refractivity contribution in [1.82, 2.24) is 0 Å². The van der Waals surface area contributed by atoms with Gasteiger partial charge in [0.1, 0.15) is 0 Å². The van der Waals surface area contributed by atoms with E-state index in [1.807, 2.05) is 13.0 Å². The van der Waals surface area contributed by atoms with Crippen LogP contribution in [0.5, 0.6) is 0 Å². The lowest BCUT2D eigenvalue weighted by molar-refractivity contribution is 0.199. The Labute approximate surface area is 123 Å². The molecule has 1 aliphatic rings. The zero-order valence-electron chi connectivity index (χ0n) is 13.2. The molecule has 0 radical (unpaired) electrons. The third-order valence-corrected chi connectivity index (χ3v) is 4.41. The van der Waals surface area contributed by atoms with Crippen LogP contribution in [0.25, 0.3) is 0 Å². The quantitative estimate of drug-likeness (QED) is 0.824. The van der Waals surface area contributed by atoms with Gasteiger partial charge in [-0.3, -0.25) is 0 Å². The topological polar surface area (TPSA) is 23.5 Å². The SMILES string of the molecule is CC(C)CCN(c1ccccc1[C@@H](C)O)C1CCCC1. The lowest BCUT2D eigenvalue weighted by atomic mass is 10.0. The van der Waals surface area contributed by atoms with Gasteiger partial charge in [0.25, 0.3) is 0 Å². The number of hydrogen-bond acceptors (Lipinski definition) is 2. The fourth-order valence-corrected chi connectivity index (χ4v) is 3.22. The van der Waals surface area contributed by atoms with Gasteiger partial charge in [-0.05, 0) is 38.2 Å². The van der Waals surface area contributed by atoms with Gasteiger partial charge in [0.2, 0.25) is 0 Å². The average molecular weight is 275 g/mol. The van der Waals surface area contributed by atoms with E-state index in [1.54, 1.807) is 0 Å². The minimum absolute atomic E-state index is 0.394. The van der Waals surface area contributed by atoms with E-state index in [0.717, 1.165) is 18.0 Å². The Hall–Kier alpha value is -1.02. The van der Waals surface area contributed by atoms with Crippen LogP contribution in [0.3, 0.4) is 0 Å². The molecule has 20 heavy (non-hydrogen) atoms. The van der Waals surface area contributed by atoms with Crippen LogP contribution in [0.1, 0.15) is 64.5 Å². The maximum absolute atomic E-state index is 10.0. The summed E-state index contributed by atoms with van der Waals surface area (Å²) in [5, 5.41) is 10.0. The second kappa shape index (κ2) is 7.12. The van der Waals surface area contributed by atoms with Crippen molar-refractivity contribution >= 4 is 5.69 Å². The van der Waals surface area contributed by atoms with Gasteiger partial charge in [-0.1, -0.05) is 44.9 Å². The summed E-state index contributed by atoms with van der Waals surface area (Å²) in [4.78, 5) is 2.56. The van der Waals surface area contributed by atoms with Gasteiger partial charge in [0.15, 0.2) is 0 Å².